The van der Waals surface area contributed by atoms with Crippen molar-refractivity contribution in [2.45, 2.75) is 24.7 Å². The summed E-state index contributed by atoms with van der Waals surface area (Å²) in [5.41, 5.74) is 0.145. The molecular formula is C12H17ClN2O3S. The predicted molar refractivity (Wildman–Crippen MR) is 74.7 cm³/mol. The summed E-state index contributed by atoms with van der Waals surface area (Å²) in [7, 11) is -2.20. The molecule has 0 atom stereocenters. The van der Waals surface area contributed by atoms with Gasteiger partial charge in [-0.15, -0.1) is 0 Å². The Morgan fingerprint density at radius 2 is 2.05 bits per heavy atom. The summed E-state index contributed by atoms with van der Waals surface area (Å²) in [6.45, 7) is 2.61. The van der Waals surface area contributed by atoms with E-state index in [1.807, 2.05) is 6.92 Å². The van der Waals surface area contributed by atoms with Crippen LogP contribution in [0.25, 0.3) is 0 Å². The van der Waals surface area contributed by atoms with Gasteiger partial charge in [-0.05, 0) is 24.6 Å². The van der Waals surface area contributed by atoms with Crippen LogP contribution >= 0.6 is 11.6 Å². The zero-order valence-corrected chi connectivity index (χ0v) is 12.5. The number of unbranched alkanes of at least 4 members (excludes halogenated alkanes) is 1. The number of sulfonamides is 1. The molecule has 1 aromatic rings. The molecule has 0 unspecified atom stereocenters. The maximum Gasteiger partial charge on any atom is 0.255 e. The number of benzene rings is 1. The third-order valence-electron chi connectivity index (χ3n) is 2.69. The molecule has 0 saturated heterocycles. The third kappa shape index (κ3) is 4.19. The molecule has 0 heterocycles. The van der Waals surface area contributed by atoms with E-state index in [1.165, 1.54) is 23.1 Å². The van der Waals surface area contributed by atoms with E-state index in [0.29, 0.717) is 6.54 Å². The molecule has 1 rings (SSSR count). The molecule has 106 valence electrons. The monoisotopic (exact) mass is 304 g/mol. The number of hydrogen-bond acceptors (Lipinski definition) is 3. The topological polar surface area (TPSA) is 80.5 Å². The minimum Gasteiger partial charge on any atom is -0.342 e. The minimum atomic E-state index is -3.85. The van der Waals surface area contributed by atoms with Crippen LogP contribution in [0.2, 0.25) is 5.02 Å². The smallest absolute Gasteiger partial charge is 0.255 e. The summed E-state index contributed by atoms with van der Waals surface area (Å²) in [6, 6.07) is 3.85. The molecule has 0 aliphatic heterocycles. The van der Waals surface area contributed by atoms with Crippen LogP contribution in [0.15, 0.2) is 23.1 Å². The molecular weight excluding hydrogens is 288 g/mol. The van der Waals surface area contributed by atoms with Crippen molar-refractivity contribution in [3.8, 4) is 0 Å². The number of amides is 1. The van der Waals surface area contributed by atoms with Gasteiger partial charge < -0.3 is 4.90 Å². The lowest BCUT2D eigenvalue weighted by Crippen LogP contribution is -2.28. The Morgan fingerprint density at radius 1 is 1.42 bits per heavy atom. The van der Waals surface area contributed by atoms with Gasteiger partial charge in [0.1, 0.15) is 0 Å². The zero-order valence-electron chi connectivity index (χ0n) is 10.9. The van der Waals surface area contributed by atoms with Crippen molar-refractivity contribution in [2.24, 2.45) is 5.14 Å². The Balaban J connectivity index is 3.09. The molecule has 2 N–H and O–H groups in total. The van der Waals surface area contributed by atoms with Crippen LogP contribution < -0.4 is 5.14 Å². The van der Waals surface area contributed by atoms with Gasteiger partial charge in [-0.2, -0.15) is 0 Å². The molecule has 0 bridgehead atoms. The maximum atomic E-state index is 12.2. The number of nitrogens with two attached hydrogens (primary N) is 1. The Labute approximate surface area is 118 Å². The molecule has 1 amide bonds. The van der Waals surface area contributed by atoms with Gasteiger partial charge in [-0.25, -0.2) is 13.6 Å². The fraction of sp³-hybridized carbons (Fsp3) is 0.417. The fourth-order valence-electron chi connectivity index (χ4n) is 1.55. The second kappa shape index (κ2) is 6.36. The van der Waals surface area contributed by atoms with Gasteiger partial charge in [0.2, 0.25) is 10.0 Å². The Hall–Kier alpha value is -1.11. The highest BCUT2D eigenvalue weighted by molar-refractivity contribution is 7.89. The second-order valence-electron chi connectivity index (χ2n) is 4.27. The highest BCUT2D eigenvalue weighted by Crippen LogP contribution is 2.21. The number of halogens is 1. The lowest BCUT2D eigenvalue weighted by molar-refractivity contribution is 0.0793. The van der Waals surface area contributed by atoms with E-state index in [4.69, 9.17) is 16.7 Å². The number of nitrogens with zero attached hydrogens (tertiary/aromatic N) is 1. The summed E-state index contributed by atoms with van der Waals surface area (Å²) in [6.07, 6.45) is 1.83. The van der Waals surface area contributed by atoms with Crippen molar-refractivity contribution in [3.05, 3.63) is 28.8 Å². The molecule has 7 heteroatoms. The van der Waals surface area contributed by atoms with Crippen LogP contribution in [-0.4, -0.2) is 32.8 Å². The fourth-order valence-corrected chi connectivity index (χ4v) is 2.29. The zero-order chi connectivity index (χ0) is 14.6. The average Bonchev–Trinajstić information content (AvgIpc) is 2.34. The molecule has 0 aliphatic rings. The second-order valence-corrected chi connectivity index (χ2v) is 6.24. The minimum absolute atomic E-state index is 0.121. The molecule has 0 aliphatic carbocycles. The molecule has 19 heavy (non-hydrogen) atoms. The Morgan fingerprint density at radius 3 is 2.58 bits per heavy atom. The van der Waals surface area contributed by atoms with Crippen molar-refractivity contribution < 1.29 is 13.2 Å². The van der Waals surface area contributed by atoms with E-state index in [2.05, 4.69) is 0 Å². The number of rotatable bonds is 5. The lowest BCUT2D eigenvalue weighted by Gasteiger charge is -2.17. The first-order chi connectivity index (χ1) is 8.77. The molecule has 0 radical (unpaired) electrons. The van der Waals surface area contributed by atoms with Gasteiger partial charge in [-0.3, -0.25) is 4.79 Å². The van der Waals surface area contributed by atoms with Gasteiger partial charge in [0.15, 0.2) is 0 Å². The average molecular weight is 305 g/mol. The molecule has 0 aromatic heterocycles. The van der Waals surface area contributed by atoms with Crippen LogP contribution in [0.5, 0.6) is 0 Å². The molecule has 0 saturated carbocycles. The summed E-state index contributed by atoms with van der Waals surface area (Å²) >= 11 is 5.94. The normalized spacial score (nSPS) is 11.4. The first-order valence-electron chi connectivity index (χ1n) is 5.85. The highest BCUT2D eigenvalue weighted by atomic mass is 35.5. The van der Waals surface area contributed by atoms with Gasteiger partial charge in [0.25, 0.3) is 5.91 Å². The van der Waals surface area contributed by atoms with Crippen LogP contribution in [-0.2, 0) is 10.0 Å². The highest BCUT2D eigenvalue weighted by Gasteiger charge is 2.18. The van der Waals surface area contributed by atoms with E-state index in [0.717, 1.165) is 12.8 Å². The van der Waals surface area contributed by atoms with Crippen molar-refractivity contribution in [3.63, 3.8) is 0 Å². The molecule has 0 spiro atoms. The van der Waals surface area contributed by atoms with E-state index >= 15 is 0 Å². The predicted octanol–water partition coefficient (Wildman–Crippen LogP) is 1.86. The van der Waals surface area contributed by atoms with Crippen molar-refractivity contribution in [1.29, 1.82) is 0 Å². The first kappa shape index (κ1) is 15.9. The van der Waals surface area contributed by atoms with Gasteiger partial charge in [0, 0.05) is 13.6 Å². The largest absolute Gasteiger partial charge is 0.342 e. The summed E-state index contributed by atoms with van der Waals surface area (Å²) < 4.78 is 22.5. The van der Waals surface area contributed by atoms with E-state index in [1.54, 1.807) is 7.05 Å². The van der Waals surface area contributed by atoms with Crippen LogP contribution in [0.4, 0.5) is 0 Å². The van der Waals surface area contributed by atoms with Gasteiger partial charge in [0.05, 0.1) is 15.5 Å². The number of carbonyl (C=O) groups excluding carboxylic acids is 1. The quantitative estimate of drug-likeness (QED) is 0.901. The summed E-state index contributed by atoms with van der Waals surface area (Å²) in [4.78, 5) is 13.5. The van der Waals surface area contributed by atoms with Gasteiger partial charge in [-0.1, -0.05) is 24.9 Å². The van der Waals surface area contributed by atoms with Crippen LogP contribution in [0.1, 0.15) is 30.1 Å². The van der Waals surface area contributed by atoms with Crippen molar-refractivity contribution in [1.82, 2.24) is 4.90 Å². The van der Waals surface area contributed by atoms with Gasteiger partial charge >= 0.3 is 0 Å². The van der Waals surface area contributed by atoms with Crippen molar-refractivity contribution in [2.75, 3.05) is 13.6 Å². The van der Waals surface area contributed by atoms with E-state index in [9.17, 15) is 13.2 Å². The maximum absolute atomic E-state index is 12.2. The number of carbonyl (C=O) groups is 1. The van der Waals surface area contributed by atoms with E-state index < -0.39 is 10.0 Å². The van der Waals surface area contributed by atoms with Crippen LogP contribution in [0.3, 0.4) is 0 Å². The Bertz CT molecular complexity index is 572. The molecule has 1 aromatic carbocycles. The van der Waals surface area contributed by atoms with Crippen molar-refractivity contribution >= 4 is 27.5 Å². The number of hydrogen-bond donors (Lipinski definition) is 1. The SMILES string of the molecule is CCCCN(C)C(=O)c1cc(S(N)(=O)=O)ccc1Cl. The third-order valence-corrected chi connectivity index (χ3v) is 3.93. The summed E-state index contributed by atoms with van der Waals surface area (Å²) in [5.74, 6) is -0.316. The molecule has 5 nitrogen and oxygen atoms in total. The number of primary sulfonamides is 1. The van der Waals surface area contributed by atoms with E-state index in [-0.39, 0.29) is 21.4 Å². The van der Waals surface area contributed by atoms with Crippen LogP contribution in [0, 0.1) is 0 Å². The Kier molecular flexibility index (Phi) is 5.34. The molecule has 0 fully saturated rings. The lowest BCUT2D eigenvalue weighted by atomic mass is 10.2. The summed E-state index contributed by atoms with van der Waals surface area (Å²) in [5, 5.41) is 5.25. The first-order valence-corrected chi connectivity index (χ1v) is 7.77. The standard InChI is InChI=1S/C12H17ClN2O3S/c1-3-4-7-15(2)12(16)10-8-9(19(14,17)18)5-6-11(10)13/h5-6,8H,3-4,7H2,1-2H3,(H2,14,17,18).